The minimum absolute atomic E-state index is 0.221. The fraction of sp³-hybridized carbons (Fsp3) is 1.00. The van der Waals surface area contributed by atoms with Gasteiger partial charge < -0.3 is 5.11 Å². The van der Waals surface area contributed by atoms with Crippen LogP contribution in [0.15, 0.2) is 0 Å². The van der Waals surface area contributed by atoms with E-state index in [4.69, 9.17) is 0 Å². The van der Waals surface area contributed by atoms with Gasteiger partial charge in [0.25, 0.3) is 0 Å². The summed E-state index contributed by atoms with van der Waals surface area (Å²) in [6, 6.07) is 0. The van der Waals surface area contributed by atoms with Crippen molar-refractivity contribution in [2.24, 2.45) is 62.1 Å². The Kier molecular flexibility index (Phi) is 5.19. The fourth-order valence-corrected chi connectivity index (χ4v) is 12.5. The molecule has 5 rings (SSSR count). The Hall–Kier alpha value is -0.0400. The Morgan fingerprint density at radius 3 is 2.09 bits per heavy atom. The third-order valence-corrected chi connectivity index (χ3v) is 14.0. The normalized spacial score (nSPS) is 56.0. The highest BCUT2D eigenvalue weighted by Crippen LogP contribution is 2.78. The van der Waals surface area contributed by atoms with Gasteiger partial charge in [0, 0.05) is 6.61 Å². The molecule has 0 radical (unpaired) electrons. The molecule has 5 fully saturated rings. The Balaban J connectivity index is 1.51. The zero-order chi connectivity index (χ0) is 23.4. The zero-order valence-corrected chi connectivity index (χ0v) is 22.8. The smallest absolute Gasteiger partial charge is 0.0490 e. The third kappa shape index (κ3) is 2.79. The van der Waals surface area contributed by atoms with E-state index in [-0.39, 0.29) is 5.41 Å². The summed E-state index contributed by atoms with van der Waals surface area (Å²) in [4.78, 5) is 0. The summed E-state index contributed by atoms with van der Waals surface area (Å²) in [6.45, 7) is 21.3. The van der Waals surface area contributed by atoms with E-state index in [1.807, 2.05) is 0 Å². The maximum atomic E-state index is 10.7. The van der Waals surface area contributed by atoms with Crippen LogP contribution in [0.1, 0.15) is 126 Å². The number of hydrogen-bond acceptors (Lipinski definition) is 1. The van der Waals surface area contributed by atoms with E-state index in [9.17, 15) is 5.11 Å². The van der Waals surface area contributed by atoms with Crippen molar-refractivity contribution in [3.8, 4) is 0 Å². The first-order chi connectivity index (χ1) is 14.8. The maximum absolute atomic E-state index is 10.7. The zero-order valence-electron chi connectivity index (χ0n) is 22.8. The van der Waals surface area contributed by atoms with Crippen LogP contribution in [0.5, 0.6) is 0 Å². The van der Waals surface area contributed by atoms with Crippen LogP contribution >= 0.6 is 0 Å². The maximum Gasteiger partial charge on any atom is 0.0490 e. The minimum Gasteiger partial charge on any atom is -0.396 e. The summed E-state index contributed by atoms with van der Waals surface area (Å²) in [5, 5.41) is 10.7. The van der Waals surface area contributed by atoms with E-state index in [0.717, 1.165) is 29.6 Å². The number of aliphatic hydroxyl groups is 1. The third-order valence-electron chi connectivity index (χ3n) is 14.0. The van der Waals surface area contributed by atoms with Crippen molar-refractivity contribution in [2.75, 3.05) is 6.61 Å². The highest BCUT2D eigenvalue weighted by atomic mass is 16.3. The second-order valence-corrected chi connectivity index (χ2v) is 15.8. The SMILES string of the molecule is CCC1CCC2(C)C(CCC3(C)C2CCC2C4CC(C)(C)CC4(CO)CC[C@]23C)C1(C)C. The van der Waals surface area contributed by atoms with Crippen molar-refractivity contribution in [1.82, 2.24) is 0 Å². The molecule has 0 amide bonds. The van der Waals surface area contributed by atoms with Crippen LogP contribution in [-0.4, -0.2) is 11.7 Å². The lowest BCUT2D eigenvalue weighted by Gasteiger charge is -2.73. The largest absolute Gasteiger partial charge is 0.396 e. The van der Waals surface area contributed by atoms with Gasteiger partial charge in [-0.15, -0.1) is 0 Å². The Morgan fingerprint density at radius 1 is 0.719 bits per heavy atom. The molecule has 9 atom stereocenters. The molecular weight excluding hydrogens is 388 g/mol. The van der Waals surface area contributed by atoms with Gasteiger partial charge in [0.05, 0.1) is 0 Å². The van der Waals surface area contributed by atoms with E-state index in [1.165, 1.54) is 70.6 Å². The topological polar surface area (TPSA) is 20.2 Å². The summed E-state index contributed by atoms with van der Waals surface area (Å²) < 4.78 is 0. The lowest BCUT2D eigenvalue weighted by atomic mass is 9.32. The summed E-state index contributed by atoms with van der Waals surface area (Å²) in [5.74, 6) is 4.28. The number of aliphatic hydroxyl groups excluding tert-OH is 1. The number of fused-ring (bicyclic) bond motifs is 7. The van der Waals surface area contributed by atoms with Crippen molar-refractivity contribution < 1.29 is 5.11 Å². The molecule has 0 bridgehead atoms. The van der Waals surface area contributed by atoms with Crippen molar-refractivity contribution >= 4 is 0 Å². The van der Waals surface area contributed by atoms with E-state index in [2.05, 4.69) is 55.4 Å². The highest BCUT2D eigenvalue weighted by molar-refractivity contribution is 5.19. The molecular formula is C31H54O. The van der Waals surface area contributed by atoms with Crippen LogP contribution in [0.4, 0.5) is 0 Å². The minimum atomic E-state index is 0.221. The van der Waals surface area contributed by atoms with Gasteiger partial charge in [-0.25, -0.2) is 0 Å². The predicted octanol–water partition coefficient (Wildman–Crippen LogP) is 8.50. The molecule has 5 aliphatic rings. The van der Waals surface area contributed by atoms with Crippen LogP contribution in [0.3, 0.4) is 0 Å². The lowest BCUT2D eigenvalue weighted by molar-refractivity contribution is -0.242. The molecule has 1 N–H and O–H groups in total. The van der Waals surface area contributed by atoms with Crippen molar-refractivity contribution in [2.45, 2.75) is 126 Å². The van der Waals surface area contributed by atoms with Gasteiger partial charge in [-0.3, -0.25) is 0 Å². The highest BCUT2D eigenvalue weighted by Gasteiger charge is 2.70. The second kappa shape index (κ2) is 7.01. The van der Waals surface area contributed by atoms with Gasteiger partial charge in [0.2, 0.25) is 0 Å². The van der Waals surface area contributed by atoms with Crippen LogP contribution in [-0.2, 0) is 0 Å². The van der Waals surface area contributed by atoms with Gasteiger partial charge in [0.15, 0.2) is 0 Å². The first kappa shape index (κ1) is 23.7. The molecule has 0 saturated heterocycles. The van der Waals surface area contributed by atoms with Crippen molar-refractivity contribution in [3.63, 3.8) is 0 Å². The van der Waals surface area contributed by atoms with E-state index in [1.54, 1.807) is 0 Å². The van der Waals surface area contributed by atoms with Gasteiger partial charge in [-0.2, -0.15) is 0 Å². The fourth-order valence-electron chi connectivity index (χ4n) is 12.5. The Bertz CT molecular complexity index is 752. The molecule has 0 aliphatic heterocycles. The summed E-state index contributed by atoms with van der Waals surface area (Å²) in [7, 11) is 0. The molecule has 5 aliphatic carbocycles. The summed E-state index contributed by atoms with van der Waals surface area (Å²) >= 11 is 0. The van der Waals surface area contributed by atoms with Crippen molar-refractivity contribution in [3.05, 3.63) is 0 Å². The van der Waals surface area contributed by atoms with Crippen molar-refractivity contribution in [1.29, 1.82) is 0 Å². The number of hydrogen-bond donors (Lipinski definition) is 1. The summed E-state index contributed by atoms with van der Waals surface area (Å²) in [5.41, 5.74) is 2.58. The molecule has 5 saturated carbocycles. The standard InChI is InChI=1S/C31H54O/c1-9-21-12-14-28(6)24(27(21,4)5)13-15-30(8)25(28)11-10-22-23-18-26(2,3)19-31(23,20-32)17-16-29(22,30)7/h21-25,32H,9-20H2,1-8H3/t21?,22?,23?,24?,25?,28?,29-,30?,31?/m1/s1. The molecule has 0 spiro atoms. The monoisotopic (exact) mass is 442 g/mol. The van der Waals surface area contributed by atoms with Gasteiger partial charge in [-0.1, -0.05) is 61.8 Å². The molecule has 0 heterocycles. The van der Waals surface area contributed by atoms with E-state index in [0.29, 0.717) is 33.7 Å². The van der Waals surface area contributed by atoms with Crippen LogP contribution in [0.25, 0.3) is 0 Å². The molecule has 0 aromatic heterocycles. The molecule has 0 aromatic rings. The molecule has 1 nitrogen and oxygen atoms in total. The Labute approximate surface area is 199 Å². The Morgan fingerprint density at radius 2 is 1.44 bits per heavy atom. The van der Waals surface area contributed by atoms with Gasteiger partial charge in [0.1, 0.15) is 0 Å². The molecule has 0 aromatic carbocycles. The van der Waals surface area contributed by atoms with E-state index >= 15 is 0 Å². The van der Waals surface area contributed by atoms with Crippen LogP contribution in [0.2, 0.25) is 0 Å². The quantitative estimate of drug-likeness (QED) is 0.454. The second-order valence-electron chi connectivity index (χ2n) is 15.8. The molecule has 184 valence electrons. The summed E-state index contributed by atoms with van der Waals surface area (Å²) in [6.07, 6.45) is 15.3. The number of rotatable bonds is 2. The average Bonchev–Trinajstić information content (AvgIpc) is 2.99. The van der Waals surface area contributed by atoms with Gasteiger partial charge >= 0.3 is 0 Å². The molecule has 1 heteroatoms. The first-order valence-electron chi connectivity index (χ1n) is 14.4. The van der Waals surface area contributed by atoms with Crippen LogP contribution in [0, 0.1) is 62.1 Å². The van der Waals surface area contributed by atoms with Gasteiger partial charge in [-0.05, 0) is 126 Å². The van der Waals surface area contributed by atoms with E-state index < -0.39 is 0 Å². The molecule has 8 unspecified atom stereocenters. The van der Waals surface area contributed by atoms with Crippen LogP contribution < -0.4 is 0 Å². The lowest BCUT2D eigenvalue weighted by Crippen LogP contribution is -2.66. The average molecular weight is 443 g/mol. The molecule has 32 heavy (non-hydrogen) atoms. The first-order valence-corrected chi connectivity index (χ1v) is 14.4. The predicted molar refractivity (Wildman–Crippen MR) is 135 cm³/mol.